The van der Waals surface area contributed by atoms with Gasteiger partial charge in [0, 0.05) is 10.4 Å². The van der Waals surface area contributed by atoms with E-state index in [1.807, 2.05) is 0 Å². The van der Waals surface area contributed by atoms with Crippen molar-refractivity contribution in [3.63, 3.8) is 0 Å². The maximum Gasteiger partial charge on any atom is 0.127 e. The zero-order valence-electron chi connectivity index (χ0n) is 15.9. The summed E-state index contributed by atoms with van der Waals surface area (Å²) in [7, 11) is 0. The molecule has 0 radical (unpaired) electrons. The van der Waals surface area contributed by atoms with Crippen molar-refractivity contribution in [3.8, 4) is 11.5 Å². The smallest absolute Gasteiger partial charge is 0.127 e. The molecule has 0 N–H and O–H groups in total. The highest BCUT2D eigenvalue weighted by molar-refractivity contribution is 5.63. The van der Waals surface area contributed by atoms with Crippen LogP contribution >= 0.6 is 0 Å². The van der Waals surface area contributed by atoms with Gasteiger partial charge < -0.3 is 9.47 Å². The summed E-state index contributed by atoms with van der Waals surface area (Å²) in [5, 5.41) is 4.99. The van der Waals surface area contributed by atoms with E-state index >= 15 is 0 Å². The predicted molar refractivity (Wildman–Crippen MR) is 113 cm³/mol. The molecule has 0 saturated carbocycles. The van der Waals surface area contributed by atoms with Gasteiger partial charge >= 0.3 is 0 Å². The van der Waals surface area contributed by atoms with E-state index in [4.69, 9.17) is 9.47 Å². The maximum atomic E-state index is 6.44. The van der Waals surface area contributed by atoms with Crippen LogP contribution in [0.2, 0.25) is 0 Å². The molecule has 2 aliphatic heterocycles. The Balaban J connectivity index is 1.67. The lowest BCUT2D eigenvalue weighted by Crippen LogP contribution is -2.51. The molecule has 2 aromatic rings. The van der Waals surface area contributed by atoms with Crippen LogP contribution in [-0.4, -0.2) is 12.7 Å². The average molecular weight is 366 g/mol. The van der Waals surface area contributed by atoms with Crippen LogP contribution < -0.4 is 30.3 Å². The standard InChI is InChI=1S/C26H22O2/c1-17-26(15-23-21-9-5-3-7-19(21)11-13-25(23)28-17)14-22-20-8-4-2-6-18(20)10-12-24(22)27-16-26/h2-5,8-15,17H,6-7,16H2,1H3. The largest absolute Gasteiger partial charge is 0.492 e. The van der Waals surface area contributed by atoms with Crippen molar-refractivity contribution in [1.29, 1.82) is 0 Å². The van der Waals surface area contributed by atoms with Gasteiger partial charge in [-0.15, -0.1) is 0 Å². The molecular formula is C26H22O2. The summed E-state index contributed by atoms with van der Waals surface area (Å²) in [5.41, 5.74) is 2.45. The molecule has 6 rings (SSSR count). The summed E-state index contributed by atoms with van der Waals surface area (Å²) in [6.07, 6.45) is 19.9. The summed E-state index contributed by atoms with van der Waals surface area (Å²) in [5.74, 6) is 1.96. The van der Waals surface area contributed by atoms with Crippen molar-refractivity contribution in [2.45, 2.75) is 25.9 Å². The van der Waals surface area contributed by atoms with Crippen molar-refractivity contribution in [3.05, 3.63) is 80.6 Å². The molecule has 2 aromatic carbocycles. The number of fused-ring (bicyclic) bond motifs is 6. The molecule has 2 aliphatic carbocycles. The molecule has 2 atom stereocenters. The lowest BCUT2D eigenvalue weighted by molar-refractivity contribution is 0.0934. The summed E-state index contributed by atoms with van der Waals surface area (Å²) >= 11 is 0. The lowest BCUT2D eigenvalue weighted by Gasteiger charge is -2.39. The van der Waals surface area contributed by atoms with E-state index in [-0.39, 0.29) is 11.5 Å². The zero-order valence-corrected chi connectivity index (χ0v) is 15.9. The van der Waals surface area contributed by atoms with Crippen LogP contribution in [0.3, 0.4) is 0 Å². The topological polar surface area (TPSA) is 18.5 Å². The molecule has 0 bridgehead atoms. The van der Waals surface area contributed by atoms with Crippen LogP contribution in [0.5, 0.6) is 11.5 Å². The Morgan fingerprint density at radius 1 is 0.786 bits per heavy atom. The lowest BCUT2D eigenvalue weighted by atomic mass is 9.78. The van der Waals surface area contributed by atoms with E-state index in [1.165, 1.54) is 32.0 Å². The molecule has 2 heterocycles. The fourth-order valence-electron chi connectivity index (χ4n) is 4.84. The Hall–Kier alpha value is -3.00. The predicted octanol–water partition coefficient (Wildman–Crippen LogP) is 1.89. The van der Waals surface area contributed by atoms with Crippen molar-refractivity contribution >= 4 is 24.3 Å². The van der Waals surface area contributed by atoms with Crippen molar-refractivity contribution in [2.24, 2.45) is 5.41 Å². The quantitative estimate of drug-likeness (QED) is 0.709. The van der Waals surface area contributed by atoms with Crippen LogP contribution in [0.4, 0.5) is 0 Å². The van der Waals surface area contributed by atoms with Gasteiger partial charge in [0.25, 0.3) is 0 Å². The van der Waals surface area contributed by atoms with Crippen LogP contribution in [0, 0.1) is 5.41 Å². The second-order valence-corrected chi connectivity index (χ2v) is 8.15. The van der Waals surface area contributed by atoms with Gasteiger partial charge in [-0.1, -0.05) is 60.7 Å². The Morgan fingerprint density at radius 2 is 1.39 bits per heavy atom. The molecule has 0 aromatic heterocycles. The van der Waals surface area contributed by atoms with Crippen molar-refractivity contribution < 1.29 is 9.47 Å². The highest BCUT2D eigenvalue weighted by Crippen LogP contribution is 2.35. The Bertz CT molecular complexity index is 1250. The minimum atomic E-state index is -0.270. The number of hydrogen-bond acceptors (Lipinski definition) is 2. The van der Waals surface area contributed by atoms with E-state index in [0.717, 1.165) is 24.3 Å². The molecule has 2 unspecified atom stereocenters. The summed E-state index contributed by atoms with van der Waals surface area (Å²) < 4.78 is 12.7. The summed E-state index contributed by atoms with van der Waals surface area (Å²) in [6.45, 7) is 2.76. The molecule has 0 amide bonds. The van der Waals surface area contributed by atoms with Gasteiger partial charge in [-0.2, -0.15) is 0 Å². The first-order valence-corrected chi connectivity index (χ1v) is 10.1. The van der Waals surface area contributed by atoms with Gasteiger partial charge in [0.1, 0.15) is 24.2 Å². The number of hydrogen-bond donors (Lipinski definition) is 0. The third-order valence-electron chi connectivity index (χ3n) is 6.51. The molecule has 0 fully saturated rings. The van der Waals surface area contributed by atoms with Crippen LogP contribution in [0.1, 0.15) is 18.1 Å². The van der Waals surface area contributed by atoms with E-state index in [1.54, 1.807) is 0 Å². The number of rotatable bonds is 0. The molecule has 2 nitrogen and oxygen atoms in total. The van der Waals surface area contributed by atoms with E-state index in [0.29, 0.717) is 6.61 Å². The fraction of sp³-hybridized carbons (Fsp3) is 0.231. The first-order valence-electron chi connectivity index (χ1n) is 10.1. The molecular weight excluding hydrogens is 344 g/mol. The van der Waals surface area contributed by atoms with Crippen LogP contribution in [0.25, 0.3) is 24.3 Å². The SMILES string of the molecule is CC1Oc2ccc3c(c2=CC12C=c1c(ccc4c1=CC=CC4)OC2)=CC=CC3. The monoisotopic (exact) mass is 366 g/mol. The Morgan fingerprint density at radius 3 is 2.07 bits per heavy atom. The summed E-state index contributed by atoms with van der Waals surface area (Å²) in [6, 6.07) is 8.63. The number of ether oxygens (including phenoxy) is 2. The van der Waals surface area contributed by atoms with Crippen LogP contribution in [0.15, 0.2) is 48.6 Å². The normalized spacial score (nSPS) is 25.4. The second kappa shape index (κ2) is 5.75. The van der Waals surface area contributed by atoms with E-state index in [9.17, 15) is 0 Å². The molecule has 2 heteroatoms. The summed E-state index contributed by atoms with van der Waals surface area (Å²) in [4.78, 5) is 0. The Labute approximate surface area is 164 Å². The second-order valence-electron chi connectivity index (χ2n) is 8.15. The highest BCUT2D eigenvalue weighted by atomic mass is 16.5. The van der Waals surface area contributed by atoms with E-state index < -0.39 is 0 Å². The minimum absolute atomic E-state index is 0.0142. The van der Waals surface area contributed by atoms with Crippen molar-refractivity contribution in [1.82, 2.24) is 0 Å². The van der Waals surface area contributed by atoms with Gasteiger partial charge in [-0.05, 0) is 53.5 Å². The molecule has 28 heavy (non-hydrogen) atoms. The number of benzene rings is 2. The van der Waals surface area contributed by atoms with Crippen LogP contribution in [-0.2, 0) is 12.8 Å². The number of allylic oxidation sites excluding steroid dienone is 4. The average Bonchev–Trinajstić information content (AvgIpc) is 2.75. The first kappa shape index (κ1) is 16.0. The highest BCUT2D eigenvalue weighted by Gasteiger charge is 2.40. The molecule has 138 valence electrons. The van der Waals surface area contributed by atoms with Gasteiger partial charge in [0.2, 0.25) is 0 Å². The third-order valence-corrected chi connectivity index (χ3v) is 6.51. The molecule has 0 saturated heterocycles. The van der Waals surface area contributed by atoms with E-state index in [2.05, 4.69) is 79.8 Å². The van der Waals surface area contributed by atoms with Gasteiger partial charge in [0.15, 0.2) is 0 Å². The minimum Gasteiger partial charge on any atom is -0.492 e. The fourth-order valence-corrected chi connectivity index (χ4v) is 4.84. The van der Waals surface area contributed by atoms with Gasteiger partial charge in [-0.3, -0.25) is 0 Å². The third kappa shape index (κ3) is 2.21. The van der Waals surface area contributed by atoms with Gasteiger partial charge in [-0.25, -0.2) is 0 Å². The molecule has 1 spiro atoms. The molecule has 4 aliphatic rings. The zero-order chi connectivity index (χ0) is 18.7. The Kier molecular flexibility index (Phi) is 3.28. The van der Waals surface area contributed by atoms with Gasteiger partial charge in [0.05, 0.1) is 5.41 Å². The van der Waals surface area contributed by atoms with Crippen molar-refractivity contribution in [2.75, 3.05) is 6.61 Å². The first-order chi connectivity index (χ1) is 13.7. The maximum absolute atomic E-state index is 6.44.